The Hall–Kier alpha value is -5.08. The van der Waals surface area contributed by atoms with Gasteiger partial charge >= 0.3 is 36.3 Å². The molecule has 4 amide bonds. The van der Waals surface area contributed by atoms with E-state index in [2.05, 4.69) is 0 Å². The summed E-state index contributed by atoms with van der Waals surface area (Å²) < 4.78 is 22.4. The Morgan fingerprint density at radius 2 is 0.723 bits per heavy atom. The predicted molar refractivity (Wildman–Crippen MR) is 257 cm³/mol. The van der Waals surface area contributed by atoms with Crippen LogP contribution in [0.5, 0.6) is 0 Å². The molecule has 2 N–H and O–H groups in total. The quantitative estimate of drug-likeness (QED) is 0.113. The highest BCUT2D eigenvalue weighted by Crippen LogP contribution is 2.48. The monoisotopic (exact) mass is 986 g/mol. The molecule has 0 fully saturated rings. The molecule has 0 aliphatic rings. The highest BCUT2D eigenvalue weighted by molar-refractivity contribution is 7.30. The van der Waals surface area contributed by atoms with Gasteiger partial charge in [0, 0.05) is 52.1 Å². The zero-order valence-electron chi connectivity index (χ0n) is 38.4. The van der Waals surface area contributed by atoms with Crippen molar-refractivity contribution in [1.29, 1.82) is 0 Å². The van der Waals surface area contributed by atoms with Crippen molar-refractivity contribution in [3.8, 4) is 39.0 Å². The second kappa shape index (κ2) is 19.8. The number of ether oxygens (including phenoxy) is 4. The van der Waals surface area contributed by atoms with Crippen LogP contribution in [0.3, 0.4) is 0 Å². The minimum Gasteiger partial charge on any atom is -0.477 e. The normalized spacial score (nSPS) is 12.1. The van der Waals surface area contributed by atoms with E-state index in [0.29, 0.717) is 0 Å². The third-order valence-electron chi connectivity index (χ3n) is 8.46. The fourth-order valence-corrected chi connectivity index (χ4v) is 11.5. The number of hydrogen-bond donors (Lipinski definition) is 2. The topological polar surface area (TPSA) is 186 Å². The highest BCUT2D eigenvalue weighted by atomic mass is 32.1. The van der Waals surface area contributed by atoms with Crippen LogP contribution in [0.2, 0.25) is 0 Å². The molecule has 5 heterocycles. The smallest absolute Gasteiger partial charge is 0.419 e. The number of aromatic carboxylic acids is 2. The Balaban J connectivity index is 1.58. The molecule has 0 radical (unpaired) electrons. The van der Waals surface area contributed by atoms with Crippen molar-refractivity contribution in [2.24, 2.45) is 0 Å². The van der Waals surface area contributed by atoms with E-state index in [1.807, 2.05) is 24.3 Å². The maximum absolute atomic E-state index is 13.5. The number of nitrogens with zero attached hydrogens (tertiary/aromatic N) is 2. The van der Waals surface area contributed by atoms with E-state index >= 15 is 0 Å². The lowest BCUT2D eigenvalue weighted by molar-refractivity contribution is -0.000448. The number of amides is 4. The molecule has 0 bridgehead atoms. The molecule has 19 heteroatoms. The average molecular weight is 987 g/mol. The van der Waals surface area contributed by atoms with Gasteiger partial charge in [-0.05, 0) is 156 Å². The first-order valence-corrected chi connectivity index (χ1v) is 24.5. The molecular formula is C46H54N2O12S5. The summed E-state index contributed by atoms with van der Waals surface area (Å²) >= 11 is 6.64. The summed E-state index contributed by atoms with van der Waals surface area (Å²) in [6.07, 6.45) is -3.01. The number of carboxylic acid groups (broad SMARTS) is 2. The van der Waals surface area contributed by atoms with Crippen LogP contribution in [0.15, 0.2) is 48.5 Å². The summed E-state index contributed by atoms with van der Waals surface area (Å²) in [5.74, 6) is -2.08. The summed E-state index contributed by atoms with van der Waals surface area (Å²) in [6.45, 7) is 20.3. The van der Waals surface area contributed by atoms with Crippen LogP contribution >= 0.6 is 56.7 Å². The molecule has 0 unspecified atom stereocenters. The third-order valence-corrected chi connectivity index (χ3v) is 14.8. The molecule has 5 rings (SSSR count). The van der Waals surface area contributed by atoms with Crippen molar-refractivity contribution >= 4 is 93.0 Å². The van der Waals surface area contributed by atoms with Gasteiger partial charge in [-0.2, -0.15) is 0 Å². The third kappa shape index (κ3) is 14.2. The lowest BCUT2D eigenvalue weighted by Crippen LogP contribution is -2.44. The van der Waals surface area contributed by atoms with Crippen LogP contribution in [0, 0.1) is 0 Å². The summed E-state index contributed by atoms with van der Waals surface area (Å²) in [6, 6.07) is 14.4. The molecule has 0 aromatic carbocycles. The van der Waals surface area contributed by atoms with E-state index in [9.17, 15) is 39.0 Å². The first-order valence-electron chi connectivity index (χ1n) is 20.5. The molecular weight excluding hydrogens is 933 g/mol. The van der Waals surface area contributed by atoms with Gasteiger partial charge in [0.05, 0.1) is 0 Å². The number of rotatable bonds is 12. The van der Waals surface area contributed by atoms with E-state index in [1.165, 1.54) is 34.0 Å². The van der Waals surface area contributed by atoms with Gasteiger partial charge in [-0.15, -0.1) is 56.7 Å². The summed E-state index contributed by atoms with van der Waals surface area (Å²) in [7, 11) is 0. The molecule has 350 valence electrons. The number of carbonyl (C=O) groups excluding carboxylic acids is 4. The Morgan fingerprint density at radius 3 is 0.985 bits per heavy atom. The van der Waals surface area contributed by atoms with Crippen LogP contribution in [0.25, 0.3) is 39.0 Å². The van der Waals surface area contributed by atoms with Gasteiger partial charge in [-0.3, -0.25) is 0 Å². The summed E-state index contributed by atoms with van der Waals surface area (Å²) in [5, 5.41) is 19.4. The maximum Gasteiger partial charge on any atom is 0.419 e. The van der Waals surface area contributed by atoms with Crippen LogP contribution in [0.1, 0.15) is 114 Å². The summed E-state index contributed by atoms with van der Waals surface area (Å²) in [5.41, 5.74) is -1.98. The van der Waals surface area contributed by atoms with E-state index in [4.69, 9.17) is 18.9 Å². The number of hydrogen-bond acceptors (Lipinski definition) is 15. The largest absolute Gasteiger partial charge is 0.477 e. The molecule has 5 aromatic rings. The van der Waals surface area contributed by atoms with Crippen molar-refractivity contribution in [3.63, 3.8) is 0 Å². The lowest BCUT2D eigenvalue weighted by Gasteiger charge is -2.28. The lowest BCUT2D eigenvalue weighted by atomic mass is 10.1. The Labute approximate surface area is 398 Å². The molecule has 65 heavy (non-hydrogen) atoms. The molecule has 0 spiro atoms. The van der Waals surface area contributed by atoms with Crippen LogP contribution in [-0.2, 0) is 31.8 Å². The minimum absolute atomic E-state index is 0.0839. The molecule has 0 aliphatic carbocycles. The number of imide groups is 2. The highest BCUT2D eigenvalue weighted by Gasteiger charge is 2.33. The van der Waals surface area contributed by atoms with Gasteiger partial charge in [-0.25, -0.2) is 38.6 Å². The number of thiophene rings is 5. The van der Waals surface area contributed by atoms with Gasteiger partial charge in [0.2, 0.25) is 0 Å². The minimum atomic E-state index is -1.04. The zero-order valence-corrected chi connectivity index (χ0v) is 42.4. The summed E-state index contributed by atoms with van der Waals surface area (Å²) in [4.78, 5) is 86.1. The number of carbonyl (C=O) groups is 6. The maximum atomic E-state index is 13.5. The average Bonchev–Trinajstić information content (AvgIpc) is 3.98. The first-order chi connectivity index (χ1) is 30.0. The van der Waals surface area contributed by atoms with Crippen LogP contribution in [0.4, 0.5) is 19.2 Å². The molecule has 0 atom stereocenters. The standard InChI is InChI=1S/C46H54N2O12S5/c1-43(2,3)57-39(53)47(40(54)58-44(4,5)6)21-19-25-23-33(27-13-17-31(61-27)37(49)50)64-35(25)29-15-16-30(63-29)36-26(24-34(65-36)28-14-18-32(62-28)38(51)52)20-22-48(41(55)59-45(7,8)9)42(56)60-46(10,11)12/h13-18,23-24H,19-22H2,1-12H3,(H,49,50)(H,51,52). The molecule has 5 aromatic heterocycles. The van der Waals surface area contributed by atoms with Gasteiger partial charge in [0.15, 0.2) is 0 Å². The predicted octanol–water partition coefficient (Wildman–Crippen LogP) is 13.5. The number of carboxylic acids is 2. The van der Waals surface area contributed by atoms with Crippen LogP contribution < -0.4 is 0 Å². The first kappa shape index (κ1) is 50.9. The fourth-order valence-electron chi connectivity index (χ4n) is 5.89. The van der Waals surface area contributed by atoms with Crippen molar-refractivity contribution in [2.45, 2.75) is 118 Å². The second-order valence-electron chi connectivity index (χ2n) is 18.8. The fraction of sp³-hybridized carbons (Fsp3) is 0.435. The van der Waals surface area contributed by atoms with Crippen LogP contribution in [-0.4, -0.2) is 91.8 Å². The SMILES string of the molecule is CC(C)(C)OC(=O)N(CCc1cc(-c2ccc(C(=O)O)s2)sc1-c1ccc(-c2sc(-c3ccc(C(=O)O)s3)cc2CCN(C(=O)OC(C)(C)C)C(=O)OC(C)(C)C)s1)C(=O)OC(C)(C)C. The van der Waals surface area contributed by atoms with E-state index in [-0.39, 0.29) is 35.7 Å². The van der Waals surface area contributed by atoms with Crippen molar-refractivity contribution in [2.75, 3.05) is 13.1 Å². The zero-order chi connectivity index (χ0) is 48.4. The Morgan fingerprint density at radius 1 is 0.431 bits per heavy atom. The molecule has 0 aliphatic heterocycles. The van der Waals surface area contributed by atoms with E-state index in [0.717, 1.165) is 82.6 Å². The molecule has 0 saturated heterocycles. The van der Waals surface area contributed by atoms with Crippen molar-refractivity contribution in [1.82, 2.24) is 9.80 Å². The second-order valence-corrected chi connectivity index (χ2v) is 24.1. The van der Waals surface area contributed by atoms with Gasteiger partial charge in [0.25, 0.3) is 0 Å². The van der Waals surface area contributed by atoms with Gasteiger partial charge in [0.1, 0.15) is 32.2 Å². The van der Waals surface area contributed by atoms with E-state index < -0.39 is 58.7 Å². The Bertz CT molecular complexity index is 2340. The van der Waals surface area contributed by atoms with Crippen molar-refractivity contribution < 1.29 is 57.9 Å². The molecule has 0 saturated carbocycles. The van der Waals surface area contributed by atoms with E-state index in [1.54, 1.807) is 107 Å². The molecule has 14 nitrogen and oxygen atoms in total. The van der Waals surface area contributed by atoms with Crippen molar-refractivity contribution in [3.05, 3.63) is 69.4 Å². The van der Waals surface area contributed by atoms with Gasteiger partial charge < -0.3 is 29.2 Å². The Kier molecular flexibility index (Phi) is 15.5. The van der Waals surface area contributed by atoms with Gasteiger partial charge in [-0.1, -0.05) is 0 Å².